The van der Waals surface area contributed by atoms with E-state index in [0.717, 1.165) is 19.3 Å². The van der Waals surface area contributed by atoms with Gasteiger partial charge in [0, 0.05) is 6.61 Å². The smallest absolute Gasteiger partial charge is 0.187 e. The highest BCUT2D eigenvalue weighted by molar-refractivity contribution is 4.94. The maximum absolute atomic E-state index is 10.5. The third-order valence-electron chi connectivity index (χ3n) is 5.99. The van der Waals surface area contributed by atoms with E-state index in [4.69, 9.17) is 18.9 Å². The molecule has 2 heterocycles. The van der Waals surface area contributed by atoms with E-state index in [2.05, 4.69) is 6.92 Å². The van der Waals surface area contributed by atoms with E-state index in [1.54, 1.807) is 0 Å². The quantitative estimate of drug-likeness (QED) is 0.154. The number of hydrogen-bond donors (Lipinski definition) is 7. The second-order valence-corrected chi connectivity index (χ2v) is 8.50. The Morgan fingerprint density at radius 1 is 0.625 bits per heavy atom. The van der Waals surface area contributed by atoms with Gasteiger partial charge in [0.05, 0.1) is 13.2 Å². The van der Waals surface area contributed by atoms with Gasteiger partial charge in [-0.05, 0) is 6.42 Å². The van der Waals surface area contributed by atoms with Crippen LogP contribution in [0.1, 0.15) is 51.9 Å². The summed E-state index contributed by atoms with van der Waals surface area (Å²) < 4.78 is 21.9. The lowest BCUT2D eigenvalue weighted by atomic mass is 9.97. The van der Waals surface area contributed by atoms with E-state index in [9.17, 15) is 35.7 Å². The van der Waals surface area contributed by atoms with E-state index in [0.29, 0.717) is 6.61 Å². The molecule has 2 aliphatic rings. The highest BCUT2D eigenvalue weighted by Gasteiger charge is 2.50. The van der Waals surface area contributed by atoms with Crippen molar-refractivity contribution in [3.8, 4) is 0 Å². The predicted molar refractivity (Wildman–Crippen MR) is 110 cm³/mol. The molecule has 2 rings (SSSR count). The zero-order valence-electron chi connectivity index (χ0n) is 18.6. The molecule has 11 heteroatoms. The minimum atomic E-state index is -1.69. The summed E-state index contributed by atoms with van der Waals surface area (Å²) in [6, 6.07) is 0. The van der Waals surface area contributed by atoms with Gasteiger partial charge in [-0.3, -0.25) is 0 Å². The van der Waals surface area contributed by atoms with Gasteiger partial charge in [0.2, 0.25) is 0 Å². The highest BCUT2D eigenvalue weighted by Crippen LogP contribution is 2.29. The zero-order valence-corrected chi connectivity index (χ0v) is 18.6. The monoisotopic (exact) mass is 468 g/mol. The van der Waals surface area contributed by atoms with Crippen LogP contribution < -0.4 is 0 Å². The molecule has 0 bridgehead atoms. The van der Waals surface area contributed by atoms with Crippen LogP contribution in [0.3, 0.4) is 0 Å². The number of unbranched alkanes of at least 4 members (excludes halogenated alkanes) is 6. The maximum Gasteiger partial charge on any atom is 0.187 e. The average Bonchev–Trinajstić information content (AvgIpc) is 2.79. The molecule has 4 unspecified atom stereocenters. The molecule has 2 fully saturated rings. The molecule has 0 aromatic rings. The molecule has 0 aliphatic carbocycles. The van der Waals surface area contributed by atoms with E-state index in [1.807, 2.05) is 0 Å². The lowest BCUT2D eigenvalue weighted by Crippen LogP contribution is -2.64. The predicted octanol–water partition coefficient (Wildman–Crippen LogP) is -1.62. The van der Waals surface area contributed by atoms with Crippen molar-refractivity contribution < 1.29 is 54.7 Å². The summed E-state index contributed by atoms with van der Waals surface area (Å²) in [5.74, 6) is 0. The molecule has 10 atom stereocenters. The van der Waals surface area contributed by atoms with Crippen LogP contribution in [0, 0.1) is 0 Å². The van der Waals surface area contributed by atoms with Crippen molar-refractivity contribution >= 4 is 0 Å². The fourth-order valence-electron chi connectivity index (χ4n) is 3.95. The Morgan fingerprint density at radius 2 is 1.19 bits per heavy atom. The SMILES string of the molecule is CCCCCCCCCO[C@@H]1OC(CO)[C@@H](O[C@H]2OC(CO)[C@@H](O)[C@H](O)C2O)[C@H](O)C1O. The summed E-state index contributed by atoms with van der Waals surface area (Å²) in [6.45, 7) is 1.26. The van der Waals surface area contributed by atoms with Crippen LogP contribution in [0.25, 0.3) is 0 Å². The Kier molecular flexibility index (Phi) is 12.2. The van der Waals surface area contributed by atoms with Crippen LogP contribution in [0.4, 0.5) is 0 Å². The lowest BCUT2D eigenvalue weighted by Gasteiger charge is -2.45. The standard InChI is InChI=1S/C21H40O11/c1-2-3-4-5-6-7-8-9-29-20-18(28)16(26)19(13(11-23)31-20)32-21-17(27)15(25)14(24)12(10-22)30-21/h12-28H,2-11H2,1H3/t12?,13?,14-,15+,16-,17?,18?,19-,20-,21-/m1/s1. The van der Waals surface area contributed by atoms with Gasteiger partial charge < -0.3 is 54.7 Å². The first kappa shape index (κ1) is 27.8. The molecule has 190 valence electrons. The largest absolute Gasteiger partial charge is 0.394 e. The molecule has 7 N–H and O–H groups in total. The highest BCUT2D eigenvalue weighted by atomic mass is 16.7. The number of rotatable bonds is 13. The lowest BCUT2D eigenvalue weighted by molar-refractivity contribution is -0.359. The Hall–Kier alpha value is -0.440. The molecule has 0 aromatic heterocycles. The van der Waals surface area contributed by atoms with Crippen molar-refractivity contribution in [2.24, 2.45) is 0 Å². The number of ether oxygens (including phenoxy) is 4. The zero-order chi connectivity index (χ0) is 23.7. The minimum absolute atomic E-state index is 0.318. The van der Waals surface area contributed by atoms with Gasteiger partial charge in [-0.15, -0.1) is 0 Å². The Balaban J connectivity index is 1.86. The summed E-state index contributed by atoms with van der Waals surface area (Å²) in [7, 11) is 0. The first-order chi connectivity index (χ1) is 15.3. The Morgan fingerprint density at radius 3 is 1.81 bits per heavy atom. The topological polar surface area (TPSA) is 179 Å². The van der Waals surface area contributed by atoms with Gasteiger partial charge in [-0.2, -0.15) is 0 Å². The Bertz CT molecular complexity index is 506. The normalized spacial score (nSPS) is 40.5. The van der Waals surface area contributed by atoms with Crippen molar-refractivity contribution in [1.29, 1.82) is 0 Å². The second kappa shape index (κ2) is 14.1. The van der Waals surface area contributed by atoms with Crippen molar-refractivity contribution in [3.63, 3.8) is 0 Å². The van der Waals surface area contributed by atoms with E-state index in [1.165, 1.54) is 25.7 Å². The van der Waals surface area contributed by atoms with E-state index in [-0.39, 0.29) is 0 Å². The third-order valence-corrected chi connectivity index (χ3v) is 5.99. The summed E-state index contributed by atoms with van der Waals surface area (Å²) >= 11 is 0. The molecule has 0 saturated carbocycles. The molecule has 0 aromatic carbocycles. The number of hydrogen-bond acceptors (Lipinski definition) is 11. The van der Waals surface area contributed by atoms with Crippen LogP contribution in [0.15, 0.2) is 0 Å². The van der Waals surface area contributed by atoms with Crippen molar-refractivity contribution in [2.45, 2.75) is 113 Å². The van der Waals surface area contributed by atoms with Crippen molar-refractivity contribution in [1.82, 2.24) is 0 Å². The average molecular weight is 469 g/mol. The molecule has 32 heavy (non-hydrogen) atoms. The molecule has 11 nitrogen and oxygen atoms in total. The summed E-state index contributed by atoms with van der Waals surface area (Å²) in [5, 5.41) is 69.8. The van der Waals surface area contributed by atoms with E-state index < -0.39 is 74.6 Å². The summed E-state index contributed by atoms with van der Waals surface area (Å²) in [4.78, 5) is 0. The summed E-state index contributed by atoms with van der Waals surface area (Å²) in [6.07, 6.45) is -6.68. The van der Waals surface area contributed by atoms with Gasteiger partial charge in [0.25, 0.3) is 0 Å². The van der Waals surface area contributed by atoms with Crippen molar-refractivity contribution in [2.75, 3.05) is 19.8 Å². The van der Waals surface area contributed by atoms with Gasteiger partial charge in [0.1, 0.15) is 48.8 Å². The van der Waals surface area contributed by atoms with Crippen LogP contribution in [-0.2, 0) is 18.9 Å². The van der Waals surface area contributed by atoms with Crippen LogP contribution in [0.2, 0.25) is 0 Å². The van der Waals surface area contributed by atoms with Crippen LogP contribution in [-0.4, -0.2) is 117 Å². The molecule has 0 radical (unpaired) electrons. The first-order valence-corrected chi connectivity index (χ1v) is 11.6. The van der Waals surface area contributed by atoms with Crippen molar-refractivity contribution in [3.05, 3.63) is 0 Å². The molecule has 0 spiro atoms. The fourth-order valence-corrected chi connectivity index (χ4v) is 3.95. The first-order valence-electron chi connectivity index (χ1n) is 11.6. The maximum atomic E-state index is 10.5. The molecular formula is C21H40O11. The van der Waals surface area contributed by atoms with Gasteiger partial charge in [0.15, 0.2) is 12.6 Å². The molecule has 2 saturated heterocycles. The van der Waals surface area contributed by atoms with Crippen LogP contribution in [0.5, 0.6) is 0 Å². The van der Waals surface area contributed by atoms with Crippen LogP contribution >= 0.6 is 0 Å². The van der Waals surface area contributed by atoms with Gasteiger partial charge in [-0.25, -0.2) is 0 Å². The molecule has 0 amide bonds. The van der Waals surface area contributed by atoms with E-state index >= 15 is 0 Å². The number of aliphatic hydroxyl groups excluding tert-OH is 7. The third kappa shape index (κ3) is 7.28. The van der Waals surface area contributed by atoms with Gasteiger partial charge in [-0.1, -0.05) is 45.4 Å². The molecular weight excluding hydrogens is 428 g/mol. The second-order valence-electron chi connectivity index (χ2n) is 8.50. The fraction of sp³-hybridized carbons (Fsp3) is 1.00. The van der Waals surface area contributed by atoms with Gasteiger partial charge >= 0.3 is 0 Å². The molecule has 2 aliphatic heterocycles. The Labute approximate surface area is 188 Å². The summed E-state index contributed by atoms with van der Waals surface area (Å²) in [5.41, 5.74) is 0. The minimum Gasteiger partial charge on any atom is -0.394 e. The number of aliphatic hydroxyl groups is 7.